The van der Waals surface area contributed by atoms with Crippen LogP contribution in [-0.2, 0) is 4.74 Å². The van der Waals surface area contributed by atoms with Crippen molar-refractivity contribution >= 4 is 0 Å². The Morgan fingerprint density at radius 1 is 1.38 bits per heavy atom. The molecular weight excluding hydrogens is 205 g/mol. The molecule has 1 aromatic rings. The van der Waals surface area contributed by atoms with Gasteiger partial charge < -0.3 is 10.1 Å². The highest BCUT2D eigenvalue weighted by Gasteiger charge is 2.25. The highest BCUT2D eigenvalue weighted by atomic mass is 19.1. The van der Waals surface area contributed by atoms with Crippen LogP contribution in [0.2, 0.25) is 0 Å². The number of nitrogens with one attached hydrogen (secondary N) is 1. The van der Waals surface area contributed by atoms with E-state index < -0.39 is 0 Å². The average molecular weight is 223 g/mol. The SMILES string of the molecule is CC(NC1CCOC1C)c1ccc(F)cc1. The Morgan fingerprint density at radius 3 is 2.62 bits per heavy atom. The van der Waals surface area contributed by atoms with Gasteiger partial charge in [-0.15, -0.1) is 0 Å². The summed E-state index contributed by atoms with van der Waals surface area (Å²) in [6, 6.07) is 7.29. The molecule has 1 saturated heterocycles. The van der Waals surface area contributed by atoms with Crippen LogP contribution in [-0.4, -0.2) is 18.8 Å². The highest BCUT2D eigenvalue weighted by molar-refractivity contribution is 5.19. The van der Waals surface area contributed by atoms with Crippen molar-refractivity contribution in [1.29, 1.82) is 0 Å². The molecule has 0 aliphatic carbocycles. The van der Waals surface area contributed by atoms with Gasteiger partial charge in [0.1, 0.15) is 5.82 Å². The molecule has 1 aromatic carbocycles. The van der Waals surface area contributed by atoms with Gasteiger partial charge in [0.25, 0.3) is 0 Å². The van der Waals surface area contributed by atoms with Crippen LogP contribution >= 0.6 is 0 Å². The second-order valence-electron chi connectivity index (χ2n) is 4.41. The van der Waals surface area contributed by atoms with Crippen molar-refractivity contribution < 1.29 is 9.13 Å². The van der Waals surface area contributed by atoms with Gasteiger partial charge in [0.05, 0.1) is 6.10 Å². The fraction of sp³-hybridized carbons (Fsp3) is 0.538. The Hall–Kier alpha value is -0.930. The van der Waals surface area contributed by atoms with Crippen LogP contribution in [0, 0.1) is 5.82 Å². The van der Waals surface area contributed by atoms with Crippen molar-refractivity contribution in [3.63, 3.8) is 0 Å². The van der Waals surface area contributed by atoms with Gasteiger partial charge >= 0.3 is 0 Å². The van der Waals surface area contributed by atoms with E-state index in [1.165, 1.54) is 12.1 Å². The minimum Gasteiger partial charge on any atom is -0.377 e. The van der Waals surface area contributed by atoms with Crippen molar-refractivity contribution in [3.05, 3.63) is 35.6 Å². The second kappa shape index (κ2) is 4.93. The summed E-state index contributed by atoms with van der Waals surface area (Å²) in [4.78, 5) is 0. The molecule has 3 unspecified atom stereocenters. The first kappa shape index (κ1) is 11.6. The monoisotopic (exact) mass is 223 g/mol. The Morgan fingerprint density at radius 2 is 2.06 bits per heavy atom. The maximum atomic E-state index is 12.8. The number of benzene rings is 1. The lowest BCUT2D eigenvalue weighted by Gasteiger charge is -2.22. The van der Waals surface area contributed by atoms with E-state index in [4.69, 9.17) is 4.74 Å². The van der Waals surface area contributed by atoms with Crippen LogP contribution < -0.4 is 5.32 Å². The minimum absolute atomic E-state index is 0.187. The van der Waals surface area contributed by atoms with Gasteiger partial charge in [-0.1, -0.05) is 12.1 Å². The molecule has 1 aliphatic heterocycles. The Bertz CT molecular complexity index is 338. The zero-order valence-corrected chi connectivity index (χ0v) is 9.74. The highest BCUT2D eigenvalue weighted by Crippen LogP contribution is 2.19. The normalized spacial score (nSPS) is 26.9. The predicted molar refractivity (Wildman–Crippen MR) is 61.8 cm³/mol. The van der Waals surface area contributed by atoms with Gasteiger partial charge in [0.15, 0.2) is 0 Å². The molecule has 88 valence electrons. The Kier molecular flexibility index (Phi) is 3.56. The summed E-state index contributed by atoms with van der Waals surface area (Å²) in [5.41, 5.74) is 1.11. The van der Waals surface area contributed by atoms with E-state index >= 15 is 0 Å². The van der Waals surface area contributed by atoms with E-state index in [1.54, 1.807) is 0 Å². The molecule has 1 N–H and O–H groups in total. The molecule has 0 radical (unpaired) electrons. The summed E-state index contributed by atoms with van der Waals surface area (Å²) >= 11 is 0. The third-order valence-corrected chi connectivity index (χ3v) is 3.21. The van der Waals surface area contributed by atoms with Crippen molar-refractivity contribution in [2.45, 2.75) is 38.5 Å². The summed E-state index contributed by atoms with van der Waals surface area (Å²) in [5.74, 6) is -0.187. The molecule has 0 spiro atoms. The summed E-state index contributed by atoms with van der Waals surface area (Å²) < 4.78 is 18.3. The lowest BCUT2D eigenvalue weighted by molar-refractivity contribution is 0.111. The molecule has 2 nitrogen and oxygen atoms in total. The molecule has 0 bridgehead atoms. The van der Waals surface area contributed by atoms with E-state index in [-0.39, 0.29) is 18.0 Å². The fourth-order valence-corrected chi connectivity index (χ4v) is 2.12. The van der Waals surface area contributed by atoms with E-state index in [0.29, 0.717) is 6.04 Å². The van der Waals surface area contributed by atoms with Crippen molar-refractivity contribution in [2.75, 3.05) is 6.61 Å². The van der Waals surface area contributed by atoms with Gasteiger partial charge in [-0.05, 0) is 38.0 Å². The molecule has 0 aromatic heterocycles. The maximum Gasteiger partial charge on any atom is 0.123 e. The summed E-state index contributed by atoms with van der Waals surface area (Å²) in [7, 11) is 0. The van der Waals surface area contributed by atoms with Crippen LogP contribution in [0.15, 0.2) is 24.3 Å². The van der Waals surface area contributed by atoms with Crippen LogP contribution in [0.3, 0.4) is 0 Å². The summed E-state index contributed by atoms with van der Waals surface area (Å²) in [6.45, 7) is 5.01. The quantitative estimate of drug-likeness (QED) is 0.850. The van der Waals surface area contributed by atoms with Crippen LogP contribution in [0.1, 0.15) is 31.9 Å². The van der Waals surface area contributed by atoms with E-state index in [2.05, 4.69) is 19.2 Å². The smallest absolute Gasteiger partial charge is 0.123 e. The summed E-state index contributed by atoms with van der Waals surface area (Å²) in [5, 5.41) is 3.52. The first-order valence-corrected chi connectivity index (χ1v) is 5.80. The van der Waals surface area contributed by atoms with Crippen molar-refractivity contribution in [3.8, 4) is 0 Å². The van der Waals surface area contributed by atoms with Gasteiger partial charge in [-0.3, -0.25) is 0 Å². The third kappa shape index (κ3) is 2.60. The predicted octanol–water partition coefficient (Wildman–Crippen LogP) is 2.65. The largest absolute Gasteiger partial charge is 0.377 e. The van der Waals surface area contributed by atoms with E-state index in [9.17, 15) is 4.39 Å². The molecule has 0 saturated carbocycles. The molecular formula is C13H18FNO. The minimum atomic E-state index is -0.187. The zero-order valence-electron chi connectivity index (χ0n) is 9.74. The first-order valence-electron chi connectivity index (χ1n) is 5.80. The van der Waals surface area contributed by atoms with E-state index in [1.807, 2.05) is 12.1 Å². The molecule has 1 heterocycles. The lowest BCUT2D eigenvalue weighted by Crippen LogP contribution is -2.36. The Labute approximate surface area is 95.8 Å². The number of hydrogen-bond acceptors (Lipinski definition) is 2. The number of hydrogen-bond donors (Lipinski definition) is 1. The lowest BCUT2D eigenvalue weighted by atomic mass is 10.1. The molecule has 2 rings (SSSR count). The molecule has 16 heavy (non-hydrogen) atoms. The summed E-state index contributed by atoms with van der Waals surface area (Å²) in [6.07, 6.45) is 1.31. The second-order valence-corrected chi connectivity index (χ2v) is 4.41. The van der Waals surface area contributed by atoms with Gasteiger partial charge in [0.2, 0.25) is 0 Å². The van der Waals surface area contributed by atoms with Crippen LogP contribution in [0.4, 0.5) is 4.39 Å². The number of ether oxygens (including phenoxy) is 1. The standard InChI is InChI=1S/C13H18FNO/c1-9(11-3-5-12(14)6-4-11)15-13-7-8-16-10(13)2/h3-6,9-10,13,15H,7-8H2,1-2H3. The zero-order chi connectivity index (χ0) is 11.5. The number of halogens is 1. The van der Waals surface area contributed by atoms with Gasteiger partial charge in [-0.25, -0.2) is 4.39 Å². The van der Waals surface area contributed by atoms with Crippen molar-refractivity contribution in [2.24, 2.45) is 0 Å². The first-order chi connectivity index (χ1) is 7.66. The maximum absolute atomic E-state index is 12.8. The molecule has 1 fully saturated rings. The number of rotatable bonds is 3. The fourth-order valence-electron chi connectivity index (χ4n) is 2.12. The molecule has 0 amide bonds. The van der Waals surface area contributed by atoms with Gasteiger partial charge in [0, 0.05) is 18.7 Å². The van der Waals surface area contributed by atoms with Crippen molar-refractivity contribution in [1.82, 2.24) is 5.32 Å². The van der Waals surface area contributed by atoms with Gasteiger partial charge in [-0.2, -0.15) is 0 Å². The molecule has 1 aliphatic rings. The van der Waals surface area contributed by atoms with E-state index in [0.717, 1.165) is 18.6 Å². The Balaban J connectivity index is 1.97. The van der Waals surface area contributed by atoms with Crippen LogP contribution in [0.5, 0.6) is 0 Å². The molecule has 3 atom stereocenters. The topological polar surface area (TPSA) is 21.3 Å². The molecule has 3 heteroatoms. The van der Waals surface area contributed by atoms with Crippen LogP contribution in [0.25, 0.3) is 0 Å². The third-order valence-electron chi connectivity index (χ3n) is 3.21. The average Bonchev–Trinajstić information content (AvgIpc) is 2.65.